The Bertz CT molecular complexity index is 905. The quantitative estimate of drug-likeness (QED) is 0.457. The van der Waals surface area contributed by atoms with Gasteiger partial charge in [0.15, 0.2) is 5.11 Å². The molecular weight excluding hydrogens is 407 g/mol. The SMILES string of the molecule is O=C1NC(=S)NC(=O)C1=Cc1cc(Br)ccc1Cc1ccccc1F. The maximum atomic E-state index is 13.9. The Balaban J connectivity index is 2.01. The molecule has 0 bridgehead atoms. The number of hydrogen-bond donors (Lipinski definition) is 2. The maximum Gasteiger partial charge on any atom is 0.263 e. The average molecular weight is 419 g/mol. The summed E-state index contributed by atoms with van der Waals surface area (Å²) in [4.78, 5) is 24.1. The average Bonchev–Trinajstić information content (AvgIpc) is 2.55. The van der Waals surface area contributed by atoms with E-state index in [1.165, 1.54) is 12.1 Å². The van der Waals surface area contributed by atoms with E-state index in [2.05, 4.69) is 26.6 Å². The summed E-state index contributed by atoms with van der Waals surface area (Å²) in [7, 11) is 0. The fourth-order valence-corrected chi connectivity index (χ4v) is 3.03. The standard InChI is InChI=1S/C18H12BrFN2O2S/c19-13-6-5-10(7-11-3-1-2-4-15(11)20)12(8-13)9-14-16(23)21-18(25)22-17(14)24/h1-6,8-9H,7H2,(H2,21,22,23,24,25). The molecule has 2 aromatic rings. The fourth-order valence-electron chi connectivity index (χ4n) is 2.47. The Morgan fingerprint density at radius 3 is 2.40 bits per heavy atom. The summed E-state index contributed by atoms with van der Waals surface area (Å²) < 4.78 is 14.7. The van der Waals surface area contributed by atoms with E-state index in [-0.39, 0.29) is 16.5 Å². The van der Waals surface area contributed by atoms with Crippen molar-refractivity contribution in [1.82, 2.24) is 10.6 Å². The first-order valence-corrected chi connectivity index (χ1v) is 8.54. The van der Waals surface area contributed by atoms with Crippen molar-refractivity contribution in [2.45, 2.75) is 6.42 Å². The Labute approximate surface area is 157 Å². The molecule has 1 heterocycles. The zero-order chi connectivity index (χ0) is 18.0. The van der Waals surface area contributed by atoms with E-state index in [0.29, 0.717) is 17.5 Å². The second-order valence-electron chi connectivity index (χ2n) is 5.41. The first kappa shape index (κ1) is 17.4. The lowest BCUT2D eigenvalue weighted by Crippen LogP contribution is -2.51. The minimum absolute atomic E-state index is 0.0204. The molecule has 1 aliphatic heterocycles. The zero-order valence-electron chi connectivity index (χ0n) is 12.8. The number of benzene rings is 2. The second-order valence-corrected chi connectivity index (χ2v) is 6.73. The molecule has 0 atom stereocenters. The molecule has 7 heteroatoms. The minimum atomic E-state index is -0.564. The maximum absolute atomic E-state index is 13.9. The number of thiocarbonyl (C=S) groups is 1. The molecule has 1 saturated heterocycles. The van der Waals surface area contributed by atoms with Gasteiger partial charge < -0.3 is 0 Å². The molecule has 0 unspecified atom stereocenters. The lowest BCUT2D eigenvalue weighted by molar-refractivity contribution is -0.123. The van der Waals surface area contributed by atoms with E-state index >= 15 is 0 Å². The molecule has 0 radical (unpaired) electrons. The highest BCUT2D eigenvalue weighted by Crippen LogP contribution is 2.23. The van der Waals surface area contributed by atoms with Crippen molar-refractivity contribution < 1.29 is 14.0 Å². The van der Waals surface area contributed by atoms with Crippen molar-refractivity contribution in [2.24, 2.45) is 0 Å². The Hall–Kier alpha value is -2.38. The Kier molecular flexibility index (Phi) is 5.06. The van der Waals surface area contributed by atoms with Crippen LogP contribution in [0.1, 0.15) is 16.7 Å². The molecule has 2 aromatic carbocycles. The molecule has 1 fully saturated rings. The number of hydrogen-bond acceptors (Lipinski definition) is 3. The highest BCUT2D eigenvalue weighted by Gasteiger charge is 2.26. The normalized spacial score (nSPS) is 14.2. The van der Waals surface area contributed by atoms with E-state index in [9.17, 15) is 14.0 Å². The van der Waals surface area contributed by atoms with Crippen LogP contribution in [0.3, 0.4) is 0 Å². The van der Waals surface area contributed by atoms with Crippen molar-refractivity contribution in [3.05, 3.63) is 75.0 Å². The summed E-state index contributed by atoms with van der Waals surface area (Å²) >= 11 is 8.16. The molecular formula is C18H12BrFN2O2S. The molecule has 2 amide bonds. The summed E-state index contributed by atoms with van der Waals surface area (Å²) in [5, 5.41) is 4.77. The first-order valence-electron chi connectivity index (χ1n) is 7.34. The predicted octanol–water partition coefficient (Wildman–Crippen LogP) is 3.09. The molecule has 3 rings (SSSR count). The van der Waals surface area contributed by atoms with Crippen LogP contribution in [-0.2, 0) is 16.0 Å². The molecule has 2 N–H and O–H groups in total. The minimum Gasteiger partial charge on any atom is -0.299 e. The highest BCUT2D eigenvalue weighted by atomic mass is 79.9. The lowest BCUT2D eigenvalue weighted by Gasteiger charge is -2.17. The largest absolute Gasteiger partial charge is 0.299 e. The summed E-state index contributed by atoms with van der Waals surface area (Å²) in [6.07, 6.45) is 1.81. The molecule has 0 aliphatic carbocycles. The van der Waals surface area contributed by atoms with Crippen LogP contribution in [0.25, 0.3) is 6.08 Å². The van der Waals surface area contributed by atoms with E-state index in [1.807, 2.05) is 12.1 Å². The highest BCUT2D eigenvalue weighted by molar-refractivity contribution is 9.10. The van der Waals surface area contributed by atoms with Crippen LogP contribution in [-0.4, -0.2) is 16.9 Å². The van der Waals surface area contributed by atoms with Crippen LogP contribution in [0.4, 0.5) is 4.39 Å². The topological polar surface area (TPSA) is 58.2 Å². The second kappa shape index (κ2) is 7.25. The van der Waals surface area contributed by atoms with E-state index in [4.69, 9.17) is 12.2 Å². The van der Waals surface area contributed by atoms with Crippen LogP contribution in [0.5, 0.6) is 0 Å². The third-order valence-corrected chi connectivity index (χ3v) is 4.39. The number of carbonyl (C=O) groups is 2. The van der Waals surface area contributed by atoms with Gasteiger partial charge in [0.1, 0.15) is 11.4 Å². The summed E-state index contributed by atoms with van der Waals surface area (Å²) in [6.45, 7) is 0. The van der Waals surface area contributed by atoms with Crippen LogP contribution in [0.15, 0.2) is 52.5 Å². The molecule has 1 aliphatic rings. The molecule has 0 aromatic heterocycles. The Morgan fingerprint density at radius 2 is 1.72 bits per heavy atom. The van der Waals surface area contributed by atoms with Gasteiger partial charge in [-0.2, -0.15) is 0 Å². The zero-order valence-corrected chi connectivity index (χ0v) is 15.2. The molecule has 126 valence electrons. The van der Waals surface area contributed by atoms with Gasteiger partial charge in [-0.05, 0) is 53.2 Å². The Morgan fingerprint density at radius 1 is 1.04 bits per heavy atom. The number of rotatable bonds is 3. The van der Waals surface area contributed by atoms with Crippen LogP contribution < -0.4 is 10.6 Å². The summed E-state index contributed by atoms with van der Waals surface area (Å²) in [6, 6.07) is 11.9. The first-order chi connectivity index (χ1) is 11.9. The molecule has 25 heavy (non-hydrogen) atoms. The van der Waals surface area contributed by atoms with Gasteiger partial charge in [-0.25, -0.2) is 4.39 Å². The third-order valence-electron chi connectivity index (χ3n) is 3.69. The van der Waals surface area contributed by atoms with Crippen LogP contribution in [0, 0.1) is 5.82 Å². The van der Waals surface area contributed by atoms with Gasteiger partial charge in [0, 0.05) is 10.9 Å². The number of amides is 2. The van der Waals surface area contributed by atoms with Gasteiger partial charge in [-0.3, -0.25) is 20.2 Å². The molecule has 0 saturated carbocycles. The molecule has 4 nitrogen and oxygen atoms in total. The van der Waals surface area contributed by atoms with Crippen molar-refractivity contribution in [3.63, 3.8) is 0 Å². The van der Waals surface area contributed by atoms with Gasteiger partial charge in [-0.15, -0.1) is 0 Å². The van der Waals surface area contributed by atoms with Gasteiger partial charge in [-0.1, -0.05) is 40.2 Å². The van der Waals surface area contributed by atoms with Crippen molar-refractivity contribution in [1.29, 1.82) is 0 Å². The van der Waals surface area contributed by atoms with Crippen LogP contribution in [0.2, 0.25) is 0 Å². The summed E-state index contributed by atoms with van der Waals surface area (Å²) in [5.74, 6) is -1.43. The van der Waals surface area contributed by atoms with Gasteiger partial charge in [0.2, 0.25) is 0 Å². The van der Waals surface area contributed by atoms with Crippen molar-refractivity contribution >= 4 is 51.2 Å². The molecule has 0 spiro atoms. The van der Waals surface area contributed by atoms with Crippen molar-refractivity contribution in [2.75, 3.05) is 0 Å². The lowest BCUT2D eigenvalue weighted by atomic mass is 9.97. The van der Waals surface area contributed by atoms with Crippen molar-refractivity contribution in [3.8, 4) is 0 Å². The number of nitrogens with one attached hydrogen (secondary N) is 2. The van der Waals surface area contributed by atoms with Gasteiger partial charge in [0.25, 0.3) is 11.8 Å². The monoisotopic (exact) mass is 418 g/mol. The van der Waals surface area contributed by atoms with Crippen LogP contribution >= 0.6 is 28.1 Å². The summed E-state index contributed by atoms with van der Waals surface area (Å²) in [5.41, 5.74) is 1.91. The smallest absolute Gasteiger partial charge is 0.263 e. The van der Waals surface area contributed by atoms with Gasteiger partial charge >= 0.3 is 0 Å². The number of carbonyl (C=O) groups excluding carboxylic acids is 2. The third kappa shape index (κ3) is 4.00. The predicted molar refractivity (Wildman–Crippen MR) is 100 cm³/mol. The van der Waals surface area contributed by atoms with E-state index in [1.54, 1.807) is 24.3 Å². The van der Waals surface area contributed by atoms with E-state index < -0.39 is 11.8 Å². The van der Waals surface area contributed by atoms with Gasteiger partial charge in [0.05, 0.1) is 0 Å². The van der Waals surface area contributed by atoms with E-state index in [0.717, 1.165) is 10.0 Å². The number of halogens is 2. The fraction of sp³-hybridized carbons (Fsp3) is 0.0556.